The van der Waals surface area contributed by atoms with E-state index in [0.29, 0.717) is 13.1 Å². The summed E-state index contributed by atoms with van der Waals surface area (Å²) in [5.74, 6) is -0.239. The molecule has 1 atom stereocenters. The summed E-state index contributed by atoms with van der Waals surface area (Å²) in [6.07, 6.45) is 0.880. The summed E-state index contributed by atoms with van der Waals surface area (Å²) in [4.78, 5) is 13.6. The molecule has 7 heteroatoms. The van der Waals surface area contributed by atoms with Gasteiger partial charge in [-0.25, -0.2) is 8.42 Å². The number of halogens is 1. The highest BCUT2D eigenvalue weighted by molar-refractivity contribution is 7.92. The van der Waals surface area contributed by atoms with E-state index in [2.05, 4.69) is 5.32 Å². The molecule has 1 heterocycles. The highest BCUT2D eigenvalue weighted by Crippen LogP contribution is 2.08. The van der Waals surface area contributed by atoms with Crippen LogP contribution in [0.5, 0.6) is 0 Å². The molecule has 1 rings (SSSR count). The molecule has 102 valence electrons. The fraction of sp³-hybridized carbons (Fsp3) is 0.900. The van der Waals surface area contributed by atoms with Crippen molar-refractivity contribution in [1.82, 2.24) is 10.2 Å². The minimum Gasteiger partial charge on any atom is -0.340 e. The molecule has 1 N–H and O–H groups in total. The number of nitrogens with one attached hydrogen (secondary N) is 1. The third-order valence-corrected chi connectivity index (χ3v) is 5.02. The van der Waals surface area contributed by atoms with Crippen molar-refractivity contribution in [1.29, 1.82) is 0 Å². The minimum absolute atomic E-state index is 0. The zero-order chi connectivity index (χ0) is 12.2. The average molecular weight is 285 g/mol. The Balaban J connectivity index is 0.00000256. The van der Waals surface area contributed by atoms with E-state index in [9.17, 15) is 13.2 Å². The highest BCUT2D eigenvalue weighted by Gasteiger charge is 2.30. The van der Waals surface area contributed by atoms with Gasteiger partial charge in [0.1, 0.15) is 5.25 Å². The van der Waals surface area contributed by atoms with Crippen LogP contribution in [0.15, 0.2) is 0 Å². The Morgan fingerprint density at radius 1 is 1.35 bits per heavy atom. The lowest BCUT2D eigenvalue weighted by Gasteiger charge is -2.23. The Kier molecular flexibility index (Phi) is 7.04. The third-order valence-electron chi connectivity index (χ3n) is 2.94. The number of hydrogen-bond donors (Lipinski definition) is 1. The van der Waals surface area contributed by atoms with Crippen molar-refractivity contribution in [2.24, 2.45) is 0 Å². The molecular weight excluding hydrogens is 264 g/mol. The van der Waals surface area contributed by atoms with Crippen LogP contribution in [0.2, 0.25) is 0 Å². The van der Waals surface area contributed by atoms with Gasteiger partial charge in [0.15, 0.2) is 9.84 Å². The van der Waals surface area contributed by atoms with Crippen LogP contribution in [0, 0.1) is 0 Å². The minimum atomic E-state index is -3.27. The quantitative estimate of drug-likeness (QED) is 0.795. The maximum absolute atomic E-state index is 12.0. The molecule has 17 heavy (non-hydrogen) atoms. The summed E-state index contributed by atoms with van der Waals surface area (Å²) in [5.41, 5.74) is 0. The molecule has 0 aromatic rings. The smallest absolute Gasteiger partial charge is 0.240 e. The molecule has 1 amide bonds. The summed E-state index contributed by atoms with van der Waals surface area (Å²) in [6.45, 7) is 5.93. The third kappa shape index (κ3) is 4.44. The number of rotatable bonds is 3. The Labute approximate surface area is 109 Å². The predicted molar refractivity (Wildman–Crippen MR) is 70.2 cm³/mol. The fourth-order valence-electron chi connectivity index (χ4n) is 1.73. The Morgan fingerprint density at radius 2 is 2.00 bits per heavy atom. The van der Waals surface area contributed by atoms with E-state index in [1.54, 1.807) is 11.8 Å². The molecule has 0 aromatic carbocycles. The van der Waals surface area contributed by atoms with Gasteiger partial charge in [-0.3, -0.25) is 4.79 Å². The molecule has 0 bridgehead atoms. The van der Waals surface area contributed by atoms with Crippen LogP contribution < -0.4 is 5.32 Å². The molecule has 1 aliphatic rings. The van der Waals surface area contributed by atoms with Gasteiger partial charge in [-0.2, -0.15) is 0 Å². The van der Waals surface area contributed by atoms with Crippen LogP contribution in [0.1, 0.15) is 20.3 Å². The Bertz CT molecular complexity index is 337. The van der Waals surface area contributed by atoms with Crippen LogP contribution >= 0.6 is 12.4 Å². The largest absolute Gasteiger partial charge is 0.340 e. The van der Waals surface area contributed by atoms with Crippen molar-refractivity contribution in [3.8, 4) is 0 Å². The first kappa shape index (κ1) is 16.7. The number of carbonyl (C=O) groups is 1. The maximum atomic E-state index is 12.0. The van der Waals surface area contributed by atoms with E-state index in [1.165, 1.54) is 6.92 Å². The van der Waals surface area contributed by atoms with E-state index in [-0.39, 0.29) is 24.1 Å². The van der Waals surface area contributed by atoms with Gasteiger partial charge in [0.05, 0.1) is 0 Å². The molecular formula is C10H21ClN2O3S. The normalized spacial score (nSPS) is 19.1. The maximum Gasteiger partial charge on any atom is 0.240 e. The van der Waals surface area contributed by atoms with E-state index < -0.39 is 15.1 Å². The number of nitrogens with zero attached hydrogens (tertiary/aromatic N) is 1. The van der Waals surface area contributed by atoms with Crippen LogP contribution in [-0.4, -0.2) is 56.4 Å². The highest BCUT2D eigenvalue weighted by atomic mass is 35.5. The van der Waals surface area contributed by atoms with Crippen molar-refractivity contribution in [2.75, 3.05) is 31.9 Å². The number of hydrogen-bond acceptors (Lipinski definition) is 4. The van der Waals surface area contributed by atoms with E-state index in [0.717, 1.165) is 19.5 Å². The summed E-state index contributed by atoms with van der Waals surface area (Å²) in [7, 11) is -3.27. The molecule has 5 nitrogen and oxygen atoms in total. The van der Waals surface area contributed by atoms with E-state index in [4.69, 9.17) is 0 Å². The summed E-state index contributed by atoms with van der Waals surface area (Å²) in [5, 5.41) is 2.27. The Morgan fingerprint density at radius 3 is 2.59 bits per heavy atom. The predicted octanol–water partition coefficient (Wildman–Crippen LogP) is 0.0533. The van der Waals surface area contributed by atoms with Crippen LogP contribution in [0.4, 0.5) is 0 Å². The lowest BCUT2D eigenvalue weighted by molar-refractivity contribution is -0.130. The lowest BCUT2D eigenvalue weighted by atomic mass is 10.3. The first-order valence-corrected chi connectivity index (χ1v) is 7.41. The lowest BCUT2D eigenvalue weighted by Crippen LogP contribution is -2.43. The van der Waals surface area contributed by atoms with Crippen molar-refractivity contribution < 1.29 is 13.2 Å². The van der Waals surface area contributed by atoms with E-state index >= 15 is 0 Å². The molecule has 1 unspecified atom stereocenters. The summed E-state index contributed by atoms with van der Waals surface area (Å²) >= 11 is 0. The monoisotopic (exact) mass is 284 g/mol. The zero-order valence-electron chi connectivity index (χ0n) is 10.3. The second kappa shape index (κ2) is 7.18. The van der Waals surface area contributed by atoms with Crippen LogP contribution in [-0.2, 0) is 14.6 Å². The molecule has 0 radical (unpaired) electrons. The van der Waals surface area contributed by atoms with Crippen molar-refractivity contribution >= 4 is 28.2 Å². The fourth-order valence-corrected chi connectivity index (χ4v) is 2.68. The van der Waals surface area contributed by atoms with Crippen molar-refractivity contribution in [2.45, 2.75) is 25.5 Å². The second-order valence-corrected chi connectivity index (χ2v) is 6.63. The van der Waals surface area contributed by atoms with Gasteiger partial charge in [0, 0.05) is 25.4 Å². The average Bonchev–Trinajstić information content (AvgIpc) is 2.55. The van der Waals surface area contributed by atoms with Gasteiger partial charge in [-0.05, 0) is 19.9 Å². The molecule has 0 aliphatic carbocycles. The van der Waals surface area contributed by atoms with Crippen LogP contribution in [0.3, 0.4) is 0 Å². The second-order valence-electron chi connectivity index (χ2n) is 4.02. The molecule has 1 aliphatic heterocycles. The number of carbonyl (C=O) groups excluding carboxylic acids is 1. The Hall–Kier alpha value is -0.330. The molecule has 0 spiro atoms. The van der Waals surface area contributed by atoms with Gasteiger partial charge in [-0.15, -0.1) is 12.4 Å². The van der Waals surface area contributed by atoms with E-state index in [1.807, 2.05) is 0 Å². The first-order valence-electron chi connectivity index (χ1n) is 5.70. The first-order chi connectivity index (χ1) is 7.49. The summed E-state index contributed by atoms with van der Waals surface area (Å²) < 4.78 is 23.2. The standard InChI is InChI=1S/C10H20N2O3S.ClH/c1-3-16(14,15)9(2)10(13)12-7-4-5-11-6-8-12;/h9,11H,3-8H2,1-2H3;1H. The topological polar surface area (TPSA) is 66.5 Å². The zero-order valence-corrected chi connectivity index (χ0v) is 11.9. The van der Waals surface area contributed by atoms with Crippen molar-refractivity contribution in [3.05, 3.63) is 0 Å². The number of sulfone groups is 1. The molecule has 1 fully saturated rings. The van der Waals surface area contributed by atoms with Gasteiger partial charge in [0.2, 0.25) is 5.91 Å². The van der Waals surface area contributed by atoms with Gasteiger partial charge in [0.25, 0.3) is 0 Å². The van der Waals surface area contributed by atoms with Gasteiger partial charge in [-0.1, -0.05) is 6.92 Å². The molecule has 1 saturated heterocycles. The molecule has 0 aromatic heterocycles. The van der Waals surface area contributed by atoms with Gasteiger partial charge < -0.3 is 10.2 Å². The SMILES string of the molecule is CCS(=O)(=O)C(C)C(=O)N1CCCNCC1.Cl. The summed E-state index contributed by atoms with van der Waals surface area (Å²) in [6, 6.07) is 0. The molecule has 0 saturated carbocycles. The van der Waals surface area contributed by atoms with Crippen molar-refractivity contribution in [3.63, 3.8) is 0 Å². The van der Waals surface area contributed by atoms with Gasteiger partial charge >= 0.3 is 0 Å². The van der Waals surface area contributed by atoms with Crippen LogP contribution in [0.25, 0.3) is 0 Å². The number of amides is 1.